The molecule has 0 aliphatic heterocycles. The van der Waals surface area contributed by atoms with E-state index in [0.29, 0.717) is 0 Å². The predicted molar refractivity (Wildman–Crippen MR) is 80.1 cm³/mol. The van der Waals surface area contributed by atoms with E-state index in [1.54, 1.807) is 0 Å². The molecule has 0 bridgehead atoms. The summed E-state index contributed by atoms with van der Waals surface area (Å²) in [5.41, 5.74) is 0.226. The number of carbonyl (C=O) groups is 1. The molecular weight excluding hydrogens is 290 g/mol. The Morgan fingerprint density at radius 3 is 2.11 bits per heavy atom. The second kappa shape index (κ2) is 5.43. The molecule has 100 valence electrons. The maximum Gasteiger partial charge on any atom is 0.230 e. The van der Waals surface area contributed by atoms with Gasteiger partial charge in [-0.25, -0.2) is 0 Å². The van der Waals surface area contributed by atoms with E-state index in [9.17, 15) is 4.79 Å². The molecule has 0 saturated heterocycles. The van der Waals surface area contributed by atoms with Crippen LogP contribution in [0.3, 0.4) is 0 Å². The standard InChI is InChI=1S/C15H22BrNO/c1-11(16)15(4,5)17-13(18)14(2,3)12-9-7-6-8-10-12/h6-11H,1-5H3,(H,17,18). The van der Waals surface area contributed by atoms with Gasteiger partial charge in [0, 0.05) is 10.4 Å². The first kappa shape index (κ1) is 15.2. The van der Waals surface area contributed by atoms with Crippen LogP contribution in [0.1, 0.15) is 40.2 Å². The van der Waals surface area contributed by atoms with Crippen LogP contribution >= 0.6 is 15.9 Å². The number of benzene rings is 1. The largest absolute Gasteiger partial charge is 0.349 e. The van der Waals surface area contributed by atoms with Crippen molar-refractivity contribution >= 4 is 21.8 Å². The van der Waals surface area contributed by atoms with E-state index in [1.165, 1.54) is 0 Å². The average Bonchev–Trinajstić information content (AvgIpc) is 2.29. The Morgan fingerprint density at radius 2 is 1.67 bits per heavy atom. The molecule has 2 nitrogen and oxygen atoms in total. The minimum Gasteiger partial charge on any atom is -0.349 e. The smallest absolute Gasteiger partial charge is 0.230 e. The Balaban J connectivity index is 2.91. The van der Waals surface area contributed by atoms with Crippen molar-refractivity contribution in [1.29, 1.82) is 0 Å². The fourth-order valence-corrected chi connectivity index (χ4v) is 1.65. The maximum atomic E-state index is 12.5. The van der Waals surface area contributed by atoms with Crippen molar-refractivity contribution in [2.45, 2.75) is 50.4 Å². The Bertz CT molecular complexity index is 410. The van der Waals surface area contributed by atoms with Crippen molar-refractivity contribution in [3.8, 4) is 0 Å². The number of rotatable bonds is 4. The number of hydrogen-bond acceptors (Lipinski definition) is 1. The van der Waals surface area contributed by atoms with Crippen LogP contribution in [0.2, 0.25) is 0 Å². The molecule has 0 radical (unpaired) electrons. The van der Waals surface area contributed by atoms with Gasteiger partial charge in [-0.15, -0.1) is 0 Å². The summed E-state index contributed by atoms with van der Waals surface area (Å²) in [6.45, 7) is 9.98. The average molecular weight is 312 g/mol. The molecule has 1 amide bonds. The summed E-state index contributed by atoms with van der Waals surface area (Å²) in [4.78, 5) is 12.7. The lowest BCUT2D eigenvalue weighted by molar-refractivity contribution is -0.127. The topological polar surface area (TPSA) is 29.1 Å². The summed E-state index contributed by atoms with van der Waals surface area (Å²) in [7, 11) is 0. The van der Waals surface area contributed by atoms with Gasteiger partial charge in [0.15, 0.2) is 0 Å². The molecule has 1 atom stereocenters. The zero-order valence-corrected chi connectivity index (χ0v) is 13.3. The second-order valence-electron chi connectivity index (χ2n) is 5.78. The van der Waals surface area contributed by atoms with Gasteiger partial charge in [-0.1, -0.05) is 53.2 Å². The lowest BCUT2D eigenvalue weighted by Gasteiger charge is -2.34. The molecule has 0 fully saturated rings. The van der Waals surface area contributed by atoms with E-state index < -0.39 is 5.41 Å². The molecule has 0 aliphatic rings. The zero-order valence-electron chi connectivity index (χ0n) is 11.8. The van der Waals surface area contributed by atoms with Gasteiger partial charge in [-0.2, -0.15) is 0 Å². The molecule has 1 aromatic rings. The molecule has 0 saturated carbocycles. The molecule has 1 unspecified atom stereocenters. The quantitative estimate of drug-likeness (QED) is 0.845. The molecule has 1 N–H and O–H groups in total. The monoisotopic (exact) mass is 311 g/mol. The van der Waals surface area contributed by atoms with Crippen LogP contribution in [0.15, 0.2) is 30.3 Å². The highest BCUT2D eigenvalue weighted by Crippen LogP contribution is 2.25. The Morgan fingerprint density at radius 1 is 1.17 bits per heavy atom. The summed E-state index contributed by atoms with van der Waals surface area (Å²) >= 11 is 3.53. The highest BCUT2D eigenvalue weighted by atomic mass is 79.9. The van der Waals surface area contributed by atoms with E-state index in [0.717, 1.165) is 5.56 Å². The maximum absolute atomic E-state index is 12.5. The molecular formula is C15H22BrNO. The normalized spacial score (nSPS) is 14.1. The van der Waals surface area contributed by atoms with Crippen molar-refractivity contribution in [2.24, 2.45) is 0 Å². The van der Waals surface area contributed by atoms with Crippen LogP contribution in [0, 0.1) is 0 Å². The van der Waals surface area contributed by atoms with Crippen molar-refractivity contribution in [1.82, 2.24) is 5.32 Å². The third-order valence-corrected chi connectivity index (χ3v) is 4.64. The molecule has 0 aromatic heterocycles. The number of halogens is 1. The predicted octanol–water partition coefficient (Wildman–Crippen LogP) is 3.64. The summed E-state index contributed by atoms with van der Waals surface area (Å²) < 4.78 is 0. The minimum absolute atomic E-state index is 0.0463. The Labute approximate surface area is 118 Å². The SMILES string of the molecule is CC(Br)C(C)(C)NC(=O)C(C)(C)c1ccccc1. The second-order valence-corrected chi connectivity index (χ2v) is 7.16. The van der Waals surface area contributed by atoms with Gasteiger partial charge < -0.3 is 5.32 Å². The van der Waals surface area contributed by atoms with Gasteiger partial charge in [0.25, 0.3) is 0 Å². The highest BCUT2D eigenvalue weighted by Gasteiger charge is 2.34. The van der Waals surface area contributed by atoms with Crippen LogP contribution in [-0.4, -0.2) is 16.3 Å². The molecule has 0 aliphatic carbocycles. The fourth-order valence-electron chi connectivity index (χ4n) is 1.53. The number of hydrogen-bond donors (Lipinski definition) is 1. The molecule has 1 aromatic carbocycles. The summed E-state index contributed by atoms with van der Waals surface area (Å²) in [6, 6.07) is 9.86. The van der Waals surface area contributed by atoms with Gasteiger partial charge >= 0.3 is 0 Å². The van der Waals surface area contributed by atoms with E-state index in [2.05, 4.69) is 21.2 Å². The molecule has 0 spiro atoms. The summed E-state index contributed by atoms with van der Waals surface area (Å²) in [6.07, 6.45) is 0. The van der Waals surface area contributed by atoms with Crippen molar-refractivity contribution in [2.75, 3.05) is 0 Å². The first-order chi connectivity index (χ1) is 8.18. The highest BCUT2D eigenvalue weighted by molar-refractivity contribution is 9.09. The molecule has 3 heteroatoms. The van der Waals surface area contributed by atoms with Crippen LogP contribution in [0.5, 0.6) is 0 Å². The van der Waals surface area contributed by atoms with Crippen LogP contribution in [0.25, 0.3) is 0 Å². The van der Waals surface area contributed by atoms with Crippen LogP contribution in [0.4, 0.5) is 0 Å². The van der Waals surface area contributed by atoms with E-state index >= 15 is 0 Å². The van der Waals surface area contributed by atoms with Crippen molar-refractivity contribution in [3.05, 3.63) is 35.9 Å². The van der Waals surface area contributed by atoms with Gasteiger partial charge in [-0.05, 0) is 33.3 Å². The van der Waals surface area contributed by atoms with Crippen molar-refractivity contribution < 1.29 is 4.79 Å². The van der Waals surface area contributed by atoms with Gasteiger partial charge in [0.2, 0.25) is 5.91 Å². The van der Waals surface area contributed by atoms with Crippen molar-refractivity contribution in [3.63, 3.8) is 0 Å². The Kier molecular flexibility index (Phi) is 4.60. The van der Waals surface area contributed by atoms with Crippen LogP contribution < -0.4 is 5.32 Å². The lowest BCUT2D eigenvalue weighted by atomic mass is 9.83. The number of nitrogens with one attached hydrogen (secondary N) is 1. The molecule has 1 rings (SSSR count). The lowest BCUT2D eigenvalue weighted by Crippen LogP contribution is -2.54. The van der Waals surface area contributed by atoms with Crippen LogP contribution in [-0.2, 0) is 10.2 Å². The van der Waals surface area contributed by atoms with Gasteiger partial charge in [0.05, 0.1) is 5.41 Å². The van der Waals surface area contributed by atoms with E-state index in [4.69, 9.17) is 0 Å². The zero-order chi connectivity index (χ0) is 14.0. The number of amides is 1. The molecule has 0 heterocycles. The van der Waals surface area contributed by atoms with Gasteiger partial charge in [-0.3, -0.25) is 4.79 Å². The summed E-state index contributed by atoms with van der Waals surface area (Å²) in [5.74, 6) is 0.0463. The molecule has 18 heavy (non-hydrogen) atoms. The van der Waals surface area contributed by atoms with E-state index in [1.807, 2.05) is 65.0 Å². The van der Waals surface area contributed by atoms with Gasteiger partial charge in [0.1, 0.15) is 0 Å². The first-order valence-corrected chi connectivity index (χ1v) is 7.11. The fraction of sp³-hybridized carbons (Fsp3) is 0.533. The number of carbonyl (C=O) groups excluding carboxylic acids is 1. The third-order valence-electron chi connectivity index (χ3n) is 3.49. The first-order valence-electron chi connectivity index (χ1n) is 6.20. The van der Waals surface area contributed by atoms with E-state index in [-0.39, 0.29) is 16.3 Å². The Hall–Kier alpha value is -0.830. The third kappa shape index (κ3) is 3.35. The summed E-state index contributed by atoms with van der Waals surface area (Å²) in [5, 5.41) is 3.11. The minimum atomic E-state index is -0.527. The number of alkyl halides is 1.